The lowest BCUT2D eigenvalue weighted by Crippen LogP contribution is -2.41. The van der Waals surface area contributed by atoms with Crippen LogP contribution < -0.4 is 19.6 Å². The Labute approximate surface area is 251 Å². The smallest absolute Gasteiger partial charge is 0.434 e. The lowest BCUT2D eigenvalue weighted by molar-refractivity contribution is -0.140. The molecule has 6 nitrogen and oxygen atoms in total. The van der Waals surface area contributed by atoms with Crippen LogP contribution in [-0.2, 0) is 9.53 Å². The van der Waals surface area contributed by atoms with Crippen molar-refractivity contribution in [2.75, 3.05) is 13.2 Å². The number of hydrogen-bond acceptors (Lipinski definition) is 6. The first-order chi connectivity index (χ1) is 18.5. The second kappa shape index (κ2) is 11.9. The molecule has 2 heterocycles. The molecule has 39 heavy (non-hydrogen) atoms. The number of carbonyl (C=O) groups is 1. The molecule has 0 aliphatic carbocycles. The molecule has 0 bridgehead atoms. The maximum absolute atomic E-state index is 14.2. The first kappa shape index (κ1) is 29.4. The summed E-state index contributed by atoms with van der Waals surface area (Å²) in [6.07, 6.45) is 1.82. The van der Waals surface area contributed by atoms with Gasteiger partial charge in [-0.05, 0) is 65.4 Å². The van der Waals surface area contributed by atoms with Gasteiger partial charge < -0.3 is 9.47 Å². The Morgan fingerprint density at radius 2 is 2.03 bits per heavy atom. The third-order valence-electron chi connectivity index (χ3n) is 5.40. The van der Waals surface area contributed by atoms with E-state index in [2.05, 4.69) is 26.8 Å². The van der Waals surface area contributed by atoms with E-state index in [-0.39, 0.29) is 28.1 Å². The molecule has 0 saturated carbocycles. The molecule has 1 aromatic heterocycles. The predicted molar refractivity (Wildman–Crippen MR) is 153 cm³/mol. The van der Waals surface area contributed by atoms with Gasteiger partial charge in [0, 0.05) is 15.1 Å². The number of allylic oxidation sites excluding steroid dienone is 1. The van der Waals surface area contributed by atoms with E-state index in [9.17, 15) is 22.8 Å². The summed E-state index contributed by atoms with van der Waals surface area (Å²) in [7, 11) is 0. The van der Waals surface area contributed by atoms with Gasteiger partial charge in [0.15, 0.2) is 10.5 Å². The fourth-order valence-electron chi connectivity index (χ4n) is 3.90. The third-order valence-corrected chi connectivity index (χ3v) is 7.90. The van der Waals surface area contributed by atoms with Crippen LogP contribution in [0.3, 0.4) is 0 Å². The predicted octanol–water partition coefficient (Wildman–Crippen LogP) is 5.37. The zero-order valence-corrected chi connectivity index (χ0v) is 25.1. The molecule has 13 heteroatoms. The van der Waals surface area contributed by atoms with Crippen LogP contribution in [0.1, 0.15) is 24.1 Å². The SMILES string of the molecule is C#CCOc1c(I)cc(Br)cc1/C=c1\sc2n(c1=O)[C@@H](c1ccc(Cl)cc1)C(C(=O)OCC)=C(C(F)(F)F)N=2. The minimum atomic E-state index is -5.00. The second-order valence-electron chi connectivity index (χ2n) is 7.91. The van der Waals surface area contributed by atoms with Gasteiger partial charge >= 0.3 is 12.1 Å². The summed E-state index contributed by atoms with van der Waals surface area (Å²) >= 11 is 12.2. The molecule has 202 valence electrons. The van der Waals surface area contributed by atoms with E-state index in [1.165, 1.54) is 37.3 Å². The third kappa shape index (κ3) is 6.11. The number of fused-ring (bicyclic) bond motifs is 1. The number of carbonyl (C=O) groups excluding carboxylic acids is 1. The molecule has 0 amide bonds. The number of rotatable bonds is 6. The van der Waals surface area contributed by atoms with Crippen LogP contribution in [0.15, 0.2) is 61.9 Å². The highest BCUT2D eigenvalue weighted by molar-refractivity contribution is 14.1. The van der Waals surface area contributed by atoms with Gasteiger partial charge in [-0.15, -0.1) is 6.42 Å². The maximum atomic E-state index is 14.2. The van der Waals surface area contributed by atoms with E-state index in [1.54, 1.807) is 12.1 Å². The number of benzene rings is 2. The van der Waals surface area contributed by atoms with Crippen molar-refractivity contribution in [3.8, 4) is 18.1 Å². The van der Waals surface area contributed by atoms with Crippen LogP contribution in [0.2, 0.25) is 5.02 Å². The molecule has 0 unspecified atom stereocenters. The Hall–Kier alpha value is -2.60. The summed E-state index contributed by atoms with van der Waals surface area (Å²) in [5, 5.41) is 0.327. The van der Waals surface area contributed by atoms with Crippen molar-refractivity contribution in [1.82, 2.24) is 4.57 Å². The van der Waals surface area contributed by atoms with Gasteiger partial charge in [0.05, 0.1) is 26.3 Å². The van der Waals surface area contributed by atoms with Crippen LogP contribution in [0, 0.1) is 15.9 Å². The molecule has 2 aromatic carbocycles. The molecular weight excluding hydrogens is 736 g/mol. The van der Waals surface area contributed by atoms with Crippen molar-refractivity contribution in [3.05, 3.63) is 91.5 Å². The summed E-state index contributed by atoms with van der Waals surface area (Å²) in [6.45, 7) is 1.26. The van der Waals surface area contributed by atoms with Gasteiger partial charge in [0.25, 0.3) is 5.56 Å². The highest BCUT2D eigenvalue weighted by atomic mass is 127. The number of esters is 1. The van der Waals surface area contributed by atoms with Crippen LogP contribution in [0.25, 0.3) is 6.08 Å². The van der Waals surface area contributed by atoms with Crippen LogP contribution in [0.5, 0.6) is 5.75 Å². The van der Waals surface area contributed by atoms with Gasteiger partial charge in [0.1, 0.15) is 12.4 Å². The lowest BCUT2D eigenvalue weighted by atomic mass is 9.95. The number of alkyl halides is 3. The van der Waals surface area contributed by atoms with Crippen molar-refractivity contribution in [3.63, 3.8) is 0 Å². The quantitative estimate of drug-likeness (QED) is 0.193. The minimum absolute atomic E-state index is 0.0336. The van der Waals surface area contributed by atoms with Gasteiger partial charge in [-0.1, -0.05) is 56.9 Å². The van der Waals surface area contributed by atoms with E-state index >= 15 is 0 Å². The number of terminal acetylenes is 1. The lowest BCUT2D eigenvalue weighted by Gasteiger charge is -2.26. The van der Waals surface area contributed by atoms with E-state index in [4.69, 9.17) is 27.5 Å². The summed E-state index contributed by atoms with van der Waals surface area (Å²) in [4.78, 5) is 30.2. The monoisotopic (exact) mass is 750 g/mol. The molecule has 1 aliphatic rings. The Kier molecular flexibility index (Phi) is 8.95. The standard InChI is InChI=1S/C26H16BrClF3IN2O4S/c1-3-9-38-21-14(10-15(27)12-17(21)32)11-18-23(35)34-20(13-5-7-16(28)8-6-13)19(24(36)37-4-2)22(26(29,30)31)33-25(34)39-18/h1,5-8,10-12,20H,4,9H2,2H3/b18-11-/t20-/m0/s1. The average molecular weight is 752 g/mol. The van der Waals surface area contributed by atoms with Crippen LogP contribution >= 0.6 is 61.5 Å². The minimum Gasteiger partial charge on any atom is -0.479 e. The van der Waals surface area contributed by atoms with E-state index < -0.39 is 35.0 Å². The Morgan fingerprint density at radius 1 is 1.33 bits per heavy atom. The molecule has 0 radical (unpaired) electrons. The largest absolute Gasteiger partial charge is 0.479 e. The fourth-order valence-corrected chi connectivity index (χ4v) is 6.72. The van der Waals surface area contributed by atoms with E-state index in [1.807, 2.05) is 22.6 Å². The Morgan fingerprint density at radius 3 is 2.64 bits per heavy atom. The highest BCUT2D eigenvalue weighted by Crippen LogP contribution is 2.38. The van der Waals surface area contributed by atoms with Gasteiger partial charge in [0.2, 0.25) is 0 Å². The second-order valence-corrected chi connectivity index (χ2v) is 11.4. The Balaban J connectivity index is 2.05. The van der Waals surface area contributed by atoms with E-state index in [0.29, 0.717) is 24.4 Å². The molecule has 1 aliphatic heterocycles. The number of nitrogens with zero attached hydrogens (tertiary/aromatic N) is 2. The van der Waals surface area contributed by atoms with Crippen LogP contribution in [-0.4, -0.2) is 29.9 Å². The van der Waals surface area contributed by atoms with E-state index in [0.717, 1.165) is 15.9 Å². The molecule has 0 N–H and O–H groups in total. The normalized spacial score (nSPS) is 15.4. The van der Waals surface area contributed by atoms with Crippen molar-refractivity contribution in [1.29, 1.82) is 0 Å². The van der Waals surface area contributed by atoms with Crippen molar-refractivity contribution >= 4 is 73.5 Å². The molecule has 0 spiro atoms. The maximum Gasteiger partial charge on any atom is 0.434 e. The first-order valence-corrected chi connectivity index (χ1v) is 14.1. The number of aromatic nitrogens is 1. The summed E-state index contributed by atoms with van der Waals surface area (Å²) < 4.78 is 55.9. The van der Waals surface area contributed by atoms with Gasteiger partial charge in [-0.2, -0.15) is 13.2 Å². The van der Waals surface area contributed by atoms with Crippen LogP contribution in [0.4, 0.5) is 13.2 Å². The molecule has 1 atom stereocenters. The number of hydrogen-bond donors (Lipinski definition) is 0. The summed E-state index contributed by atoms with van der Waals surface area (Å²) in [6, 6.07) is 7.83. The summed E-state index contributed by atoms with van der Waals surface area (Å²) in [5.41, 5.74) is -2.18. The number of halogens is 6. The molecule has 4 rings (SSSR count). The fraction of sp³-hybridized carbons (Fsp3) is 0.192. The molecular formula is C26H16BrClF3IN2O4S. The molecule has 0 fully saturated rings. The average Bonchev–Trinajstić information content (AvgIpc) is 3.17. The zero-order valence-electron chi connectivity index (χ0n) is 19.8. The van der Waals surface area contributed by atoms with Gasteiger partial charge in [-0.25, -0.2) is 9.79 Å². The molecule has 3 aromatic rings. The highest BCUT2D eigenvalue weighted by Gasteiger charge is 2.45. The van der Waals surface area contributed by atoms with Gasteiger partial charge in [-0.3, -0.25) is 9.36 Å². The number of ether oxygens (including phenoxy) is 2. The van der Waals surface area contributed by atoms with Crippen molar-refractivity contribution in [2.24, 2.45) is 4.99 Å². The number of thiazole rings is 1. The molecule has 0 saturated heterocycles. The van der Waals surface area contributed by atoms with Crippen molar-refractivity contribution in [2.45, 2.75) is 19.1 Å². The zero-order chi connectivity index (χ0) is 28.5. The van der Waals surface area contributed by atoms with Crippen molar-refractivity contribution < 1.29 is 27.4 Å². The summed E-state index contributed by atoms with van der Waals surface area (Å²) in [5.74, 6) is 1.55. The topological polar surface area (TPSA) is 69.9 Å². The Bertz CT molecular complexity index is 1710. The first-order valence-electron chi connectivity index (χ1n) is 11.1.